The molecule has 0 N–H and O–H groups in total. The van der Waals surface area contributed by atoms with Gasteiger partial charge in [-0.1, -0.05) is 17.7 Å². The lowest BCUT2D eigenvalue weighted by Gasteiger charge is -2.23. The molecule has 0 saturated heterocycles. The Labute approximate surface area is 192 Å². The SMILES string of the molecule is CC(=O)N(c1nc(Cn2nc(C3CC3)cc(C(F)(F)F)c2=O)cs1)c1c(C)cc(C)cc1C. The fourth-order valence-corrected chi connectivity index (χ4v) is 4.85. The summed E-state index contributed by atoms with van der Waals surface area (Å²) in [5.74, 6) is -0.291. The van der Waals surface area contributed by atoms with E-state index in [0.717, 1.165) is 46.0 Å². The number of hydrogen-bond acceptors (Lipinski definition) is 5. The molecule has 174 valence electrons. The minimum atomic E-state index is -4.76. The third kappa shape index (κ3) is 4.71. The molecule has 10 heteroatoms. The normalized spacial score (nSPS) is 13.9. The summed E-state index contributed by atoms with van der Waals surface area (Å²) in [6.45, 7) is 7.01. The summed E-state index contributed by atoms with van der Waals surface area (Å²) in [6.07, 6.45) is -3.25. The Kier molecular flexibility index (Phi) is 5.90. The molecular weight excluding hydrogens is 453 g/mol. The highest BCUT2D eigenvalue weighted by Crippen LogP contribution is 2.40. The second-order valence-corrected chi connectivity index (χ2v) is 9.28. The van der Waals surface area contributed by atoms with Crippen LogP contribution in [-0.4, -0.2) is 20.7 Å². The zero-order valence-corrected chi connectivity index (χ0v) is 19.5. The van der Waals surface area contributed by atoms with Gasteiger partial charge in [0.05, 0.1) is 23.6 Å². The van der Waals surface area contributed by atoms with Crippen LogP contribution in [-0.2, 0) is 17.5 Å². The zero-order chi connectivity index (χ0) is 24.1. The largest absolute Gasteiger partial charge is 0.421 e. The molecule has 1 amide bonds. The van der Waals surface area contributed by atoms with Crippen molar-refractivity contribution < 1.29 is 18.0 Å². The summed E-state index contributed by atoms with van der Waals surface area (Å²) in [4.78, 5) is 31.0. The van der Waals surface area contributed by atoms with Crippen LogP contribution in [0.5, 0.6) is 0 Å². The highest BCUT2D eigenvalue weighted by Gasteiger charge is 2.37. The Morgan fingerprint density at radius 2 is 1.82 bits per heavy atom. The van der Waals surface area contributed by atoms with Gasteiger partial charge in [-0.15, -0.1) is 11.3 Å². The van der Waals surface area contributed by atoms with E-state index in [2.05, 4.69) is 10.1 Å². The maximum absolute atomic E-state index is 13.4. The number of halogens is 3. The van der Waals surface area contributed by atoms with Gasteiger partial charge in [0.15, 0.2) is 5.13 Å². The van der Waals surface area contributed by atoms with Crippen LogP contribution in [0.2, 0.25) is 0 Å². The molecule has 2 aromatic heterocycles. The average molecular weight is 477 g/mol. The van der Waals surface area contributed by atoms with Crippen molar-refractivity contribution in [2.75, 3.05) is 4.90 Å². The topological polar surface area (TPSA) is 68.1 Å². The van der Waals surface area contributed by atoms with Gasteiger partial charge in [-0.3, -0.25) is 14.5 Å². The molecule has 1 fully saturated rings. The van der Waals surface area contributed by atoms with Crippen molar-refractivity contribution in [2.24, 2.45) is 0 Å². The minimum absolute atomic E-state index is 0.0513. The van der Waals surface area contributed by atoms with Gasteiger partial charge in [-0.2, -0.15) is 18.3 Å². The van der Waals surface area contributed by atoms with Crippen LogP contribution in [0.25, 0.3) is 0 Å². The summed E-state index contributed by atoms with van der Waals surface area (Å²) in [6, 6.07) is 4.81. The third-order valence-electron chi connectivity index (χ3n) is 5.51. The van der Waals surface area contributed by atoms with Gasteiger partial charge in [-0.25, -0.2) is 9.67 Å². The first-order chi connectivity index (χ1) is 15.5. The molecule has 0 spiro atoms. The van der Waals surface area contributed by atoms with Crippen molar-refractivity contribution in [3.05, 3.63) is 67.6 Å². The molecule has 1 aliphatic rings. The lowest BCUT2D eigenvalue weighted by atomic mass is 10.0. The van der Waals surface area contributed by atoms with Gasteiger partial charge in [0.1, 0.15) is 5.56 Å². The summed E-state index contributed by atoms with van der Waals surface area (Å²) in [5.41, 5.74) is 1.82. The molecule has 0 bridgehead atoms. The molecule has 1 aromatic carbocycles. The molecular formula is C23H23F3N4O2S. The first kappa shape index (κ1) is 23.2. The van der Waals surface area contributed by atoms with E-state index in [1.165, 1.54) is 23.2 Å². The van der Waals surface area contributed by atoms with E-state index < -0.39 is 17.3 Å². The smallest absolute Gasteiger partial charge is 0.274 e. The lowest BCUT2D eigenvalue weighted by Crippen LogP contribution is -2.32. The second kappa shape index (κ2) is 8.40. The molecule has 1 aliphatic carbocycles. The monoisotopic (exact) mass is 476 g/mol. The summed E-state index contributed by atoms with van der Waals surface area (Å²) >= 11 is 1.19. The number of aryl methyl sites for hydroxylation is 3. The molecule has 0 radical (unpaired) electrons. The molecule has 33 heavy (non-hydrogen) atoms. The fourth-order valence-electron chi connectivity index (χ4n) is 3.99. The number of alkyl halides is 3. The Bertz CT molecular complexity index is 1270. The van der Waals surface area contributed by atoms with E-state index in [0.29, 0.717) is 10.8 Å². The first-order valence-electron chi connectivity index (χ1n) is 10.5. The van der Waals surface area contributed by atoms with Crippen molar-refractivity contribution in [3.63, 3.8) is 0 Å². The lowest BCUT2D eigenvalue weighted by molar-refractivity contribution is -0.139. The number of amides is 1. The van der Waals surface area contributed by atoms with Crippen LogP contribution >= 0.6 is 11.3 Å². The molecule has 1 saturated carbocycles. The molecule has 0 unspecified atom stereocenters. The number of thiazole rings is 1. The van der Waals surface area contributed by atoms with Gasteiger partial charge < -0.3 is 0 Å². The molecule has 4 rings (SSSR count). The number of benzene rings is 1. The zero-order valence-electron chi connectivity index (χ0n) is 18.7. The highest BCUT2D eigenvalue weighted by molar-refractivity contribution is 7.14. The number of hydrogen-bond donors (Lipinski definition) is 0. The van der Waals surface area contributed by atoms with E-state index in [-0.39, 0.29) is 24.1 Å². The number of anilines is 2. The highest BCUT2D eigenvalue weighted by atomic mass is 32.1. The maximum atomic E-state index is 13.4. The van der Waals surface area contributed by atoms with Gasteiger partial charge in [0, 0.05) is 18.2 Å². The maximum Gasteiger partial charge on any atom is 0.421 e. The van der Waals surface area contributed by atoms with Crippen molar-refractivity contribution in [2.45, 2.75) is 59.2 Å². The molecule has 6 nitrogen and oxygen atoms in total. The number of rotatable bonds is 5. The quantitative estimate of drug-likeness (QED) is 0.504. The minimum Gasteiger partial charge on any atom is -0.274 e. The molecule has 3 aromatic rings. The Balaban J connectivity index is 1.72. The number of nitrogens with zero attached hydrogens (tertiary/aromatic N) is 4. The number of aromatic nitrogens is 3. The van der Waals surface area contributed by atoms with Gasteiger partial charge >= 0.3 is 6.18 Å². The second-order valence-electron chi connectivity index (χ2n) is 8.44. The number of carbonyl (C=O) groups excluding carboxylic acids is 1. The number of carbonyl (C=O) groups is 1. The van der Waals surface area contributed by atoms with Crippen LogP contribution in [0.4, 0.5) is 24.0 Å². The molecule has 0 aliphatic heterocycles. The first-order valence-corrected chi connectivity index (χ1v) is 11.4. The van der Waals surface area contributed by atoms with Gasteiger partial charge in [-0.05, 0) is 50.8 Å². The summed E-state index contributed by atoms with van der Waals surface area (Å²) in [5, 5.41) is 6.20. The standard InChI is InChI=1S/C23H23F3N4O2S/c1-12-7-13(2)20(14(3)8-12)30(15(4)31)22-27-17(11-33-22)10-29-21(32)18(23(24,25)26)9-19(28-29)16-5-6-16/h7-9,11,16H,5-6,10H2,1-4H3. The van der Waals surface area contributed by atoms with Crippen LogP contribution in [0.15, 0.2) is 28.4 Å². The van der Waals surface area contributed by atoms with Crippen LogP contribution in [0.1, 0.15) is 59.3 Å². The fraction of sp³-hybridized carbons (Fsp3) is 0.391. The van der Waals surface area contributed by atoms with Crippen LogP contribution in [0.3, 0.4) is 0 Å². The van der Waals surface area contributed by atoms with Gasteiger partial charge in [0.2, 0.25) is 5.91 Å². The third-order valence-corrected chi connectivity index (χ3v) is 6.39. The summed E-state index contributed by atoms with van der Waals surface area (Å²) in [7, 11) is 0. The summed E-state index contributed by atoms with van der Waals surface area (Å²) < 4.78 is 41.1. The van der Waals surface area contributed by atoms with E-state index in [1.54, 1.807) is 5.38 Å². The predicted molar refractivity (Wildman–Crippen MR) is 120 cm³/mol. The van der Waals surface area contributed by atoms with E-state index in [1.807, 2.05) is 32.9 Å². The average Bonchev–Trinajstić information content (AvgIpc) is 3.44. The van der Waals surface area contributed by atoms with E-state index in [9.17, 15) is 22.8 Å². The van der Waals surface area contributed by atoms with Crippen LogP contribution in [0, 0.1) is 20.8 Å². The van der Waals surface area contributed by atoms with E-state index in [4.69, 9.17) is 0 Å². The van der Waals surface area contributed by atoms with Crippen molar-refractivity contribution >= 4 is 28.1 Å². The van der Waals surface area contributed by atoms with Crippen molar-refractivity contribution in [1.82, 2.24) is 14.8 Å². The van der Waals surface area contributed by atoms with E-state index >= 15 is 0 Å². The molecule has 2 heterocycles. The van der Waals surface area contributed by atoms with Crippen molar-refractivity contribution in [3.8, 4) is 0 Å². The predicted octanol–water partition coefficient (Wildman–Crippen LogP) is 5.25. The molecule has 0 atom stereocenters. The Morgan fingerprint density at radius 1 is 1.18 bits per heavy atom. The Morgan fingerprint density at radius 3 is 2.36 bits per heavy atom. The van der Waals surface area contributed by atoms with Gasteiger partial charge in [0.25, 0.3) is 5.56 Å². The van der Waals surface area contributed by atoms with Crippen molar-refractivity contribution in [1.29, 1.82) is 0 Å². The Hall–Kier alpha value is -3.01. The van der Waals surface area contributed by atoms with Crippen LogP contribution < -0.4 is 10.5 Å².